The molecule has 0 bridgehead atoms. The molecule has 3 unspecified atom stereocenters. The standard InChI is InChI=1S/C12H21F3N2O2/c1-3-9(7-19-2)17-11(18)10-5-4-8(6-16-10)12(13,14)15/h8-10,16H,3-7H2,1-2H3,(H,17,18). The van der Waals surface area contributed by atoms with Crippen molar-refractivity contribution < 1.29 is 22.7 Å². The van der Waals surface area contributed by atoms with Gasteiger partial charge < -0.3 is 15.4 Å². The number of piperidine rings is 1. The number of carbonyl (C=O) groups is 1. The summed E-state index contributed by atoms with van der Waals surface area (Å²) in [5.41, 5.74) is 0. The van der Waals surface area contributed by atoms with E-state index in [-0.39, 0.29) is 31.3 Å². The number of halogens is 3. The number of carbonyl (C=O) groups excluding carboxylic acids is 1. The summed E-state index contributed by atoms with van der Waals surface area (Å²) in [6.07, 6.45) is -3.26. The lowest BCUT2D eigenvalue weighted by Crippen LogP contribution is -2.53. The average Bonchev–Trinajstić information content (AvgIpc) is 2.37. The van der Waals surface area contributed by atoms with E-state index in [4.69, 9.17) is 4.74 Å². The molecule has 19 heavy (non-hydrogen) atoms. The van der Waals surface area contributed by atoms with Gasteiger partial charge in [-0.1, -0.05) is 6.92 Å². The van der Waals surface area contributed by atoms with E-state index in [1.807, 2.05) is 6.92 Å². The highest BCUT2D eigenvalue weighted by Crippen LogP contribution is 2.31. The molecule has 1 rings (SSSR count). The van der Waals surface area contributed by atoms with Gasteiger partial charge in [-0.3, -0.25) is 4.79 Å². The fourth-order valence-corrected chi connectivity index (χ4v) is 2.12. The number of nitrogens with one attached hydrogen (secondary N) is 2. The van der Waals surface area contributed by atoms with E-state index in [0.717, 1.165) is 6.42 Å². The summed E-state index contributed by atoms with van der Waals surface area (Å²) in [6, 6.07) is -0.635. The number of rotatable bonds is 5. The smallest absolute Gasteiger partial charge is 0.383 e. The summed E-state index contributed by atoms with van der Waals surface area (Å²) in [4.78, 5) is 11.9. The Bertz CT molecular complexity index is 289. The molecule has 3 atom stereocenters. The van der Waals surface area contributed by atoms with Crippen LogP contribution in [-0.4, -0.2) is 44.4 Å². The van der Waals surface area contributed by atoms with Gasteiger partial charge in [-0.25, -0.2) is 0 Å². The van der Waals surface area contributed by atoms with Crippen molar-refractivity contribution in [3.05, 3.63) is 0 Å². The summed E-state index contributed by atoms with van der Waals surface area (Å²) in [7, 11) is 1.54. The van der Waals surface area contributed by atoms with Gasteiger partial charge in [0.2, 0.25) is 5.91 Å². The summed E-state index contributed by atoms with van der Waals surface area (Å²) in [6.45, 7) is 2.13. The SMILES string of the molecule is CCC(COC)NC(=O)C1CCC(C(F)(F)F)CN1. The van der Waals surface area contributed by atoms with E-state index in [0.29, 0.717) is 6.61 Å². The van der Waals surface area contributed by atoms with Crippen molar-refractivity contribution in [1.82, 2.24) is 10.6 Å². The molecular formula is C12H21F3N2O2. The van der Waals surface area contributed by atoms with Crippen LogP contribution in [0, 0.1) is 5.92 Å². The molecule has 0 aliphatic carbocycles. The van der Waals surface area contributed by atoms with Crippen LogP contribution in [0.15, 0.2) is 0 Å². The molecule has 1 amide bonds. The molecular weight excluding hydrogens is 261 g/mol. The predicted molar refractivity (Wildman–Crippen MR) is 64.7 cm³/mol. The van der Waals surface area contributed by atoms with Gasteiger partial charge in [-0.15, -0.1) is 0 Å². The first-order valence-corrected chi connectivity index (χ1v) is 6.47. The van der Waals surface area contributed by atoms with Crippen molar-refractivity contribution in [2.75, 3.05) is 20.3 Å². The topological polar surface area (TPSA) is 50.4 Å². The summed E-state index contributed by atoms with van der Waals surface area (Å²) in [5, 5.41) is 5.46. The first-order chi connectivity index (χ1) is 8.88. The minimum absolute atomic E-state index is 0.00431. The first kappa shape index (κ1) is 16.2. The Morgan fingerprint density at radius 3 is 2.58 bits per heavy atom. The van der Waals surface area contributed by atoms with Crippen LogP contribution >= 0.6 is 0 Å². The average molecular weight is 282 g/mol. The van der Waals surface area contributed by atoms with E-state index in [9.17, 15) is 18.0 Å². The zero-order valence-electron chi connectivity index (χ0n) is 11.2. The molecule has 0 aromatic heterocycles. The first-order valence-electron chi connectivity index (χ1n) is 6.47. The Hall–Kier alpha value is -0.820. The number of alkyl halides is 3. The fraction of sp³-hybridized carbons (Fsp3) is 0.917. The van der Waals surface area contributed by atoms with Gasteiger partial charge in [0.1, 0.15) is 0 Å². The molecule has 0 radical (unpaired) electrons. The van der Waals surface area contributed by atoms with Crippen LogP contribution in [0.3, 0.4) is 0 Å². The quantitative estimate of drug-likeness (QED) is 0.802. The predicted octanol–water partition coefficient (Wildman–Crippen LogP) is 1.46. The minimum atomic E-state index is -4.18. The molecule has 0 spiro atoms. The third-order valence-electron chi connectivity index (χ3n) is 3.40. The van der Waals surface area contributed by atoms with Gasteiger partial charge in [-0.05, 0) is 19.3 Å². The van der Waals surface area contributed by atoms with E-state index in [2.05, 4.69) is 10.6 Å². The van der Waals surface area contributed by atoms with E-state index < -0.39 is 18.1 Å². The van der Waals surface area contributed by atoms with Gasteiger partial charge in [-0.2, -0.15) is 13.2 Å². The van der Waals surface area contributed by atoms with Crippen LogP contribution in [0.4, 0.5) is 13.2 Å². The Kier molecular flexibility index (Phi) is 6.06. The summed E-state index contributed by atoms with van der Waals surface area (Å²) < 4.78 is 42.4. The zero-order chi connectivity index (χ0) is 14.5. The summed E-state index contributed by atoms with van der Waals surface area (Å²) >= 11 is 0. The maximum atomic E-state index is 12.5. The number of hydrogen-bond donors (Lipinski definition) is 2. The molecule has 1 aliphatic rings. The maximum absolute atomic E-state index is 12.5. The van der Waals surface area contributed by atoms with Gasteiger partial charge in [0, 0.05) is 13.7 Å². The van der Waals surface area contributed by atoms with Crippen molar-refractivity contribution in [3.63, 3.8) is 0 Å². The monoisotopic (exact) mass is 282 g/mol. The highest BCUT2D eigenvalue weighted by Gasteiger charge is 2.42. The molecule has 7 heteroatoms. The zero-order valence-corrected chi connectivity index (χ0v) is 11.2. The Balaban J connectivity index is 2.40. The molecule has 4 nitrogen and oxygen atoms in total. The fourth-order valence-electron chi connectivity index (χ4n) is 2.12. The van der Waals surface area contributed by atoms with E-state index in [1.165, 1.54) is 0 Å². The lowest BCUT2D eigenvalue weighted by Gasteiger charge is -2.31. The molecule has 1 saturated heterocycles. The van der Waals surface area contributed by atoms with Gasteiger partial charge >= 0.3 is 6.18 Å². The van der Waals surface area contributed by atoms with Crippen LogP contribution < -0.4 is 10.6 Å². The highest BCUT2D eigenvalue weighted by molar-refractivity contribution is 5.82. The molecule has 1 heterocycles. The van der Waals surface area contributed by atoms with Crippen LogP contribution in [0.25, 0.3) is 0 Å². The molecule has 0 aromatic carbocycles. The molecule has 0 aromatic rings. The molecule has 2 N–H and O–H groups in total. The lowest BCUT2D eigenvalue weighted by atomic mass is 9.93. The maximum Gasteiger partial charge on any atom is 0.393 e. The third-order valence-corrected chi connectivity index (χ3v) is 3.40. The van der Waals surface area contributed by atoms with Crippen LogP contribution in [0.2, 0.25) is 0 Å². The van der Waals surface area contributed by atoms with Crippen molar-refractivity contribution >= 4 is 5.91 Å². The van der Waals surface area contributed by atoms with Crippen molar-refractivity contribution in [2.45, 2.75) is 44.4 Å². The van der Waals surface area contributed by atoms with Crippen LogP contribution in [-0.2, 0) is 9.53 Å². The number of methoxy groups -OCH3 is 1. The number of hydrogen-bond acceptors (Lipinski definition) is 3. The number of ether oxygens (including phenoxy) is 1. The largest absolute Gasteiger partial charge is 0.393 e. The molecule has 1 aliphatic heterocycles. The van der Waals surface area contributed by atoms with Gasteiger partial charge in [0.05, 0.1) is 24.6 Å². The normalized spacial score (nSPS) is 25.9. The lowest BCUT2D eigenvalue weighted by molar-refractivity contribution is -0.180. The van der Waals surface area contributed by atoms with Crippen LogP contribution in [0.1, 0.15) is 26.2 Å². The van der Waals surface area contributed by atoms with E-state index in [1.54, 1.807) is 7.11 Å². The molecule has 1 fully saturated rings. The second-order valence-corrected chi connectivity index (χ2v) is 4.85. The Morgan fingerprint density at radius 1 is 1.47 bits per heavy atom. The van der Waals surface area contributed by atoms with E-state index >= 15 is 0 Å². The van der Waals surface area contributed by atoms with Crippen molar-refractivity contribution in [1.29, 1.82) is 0 Å². The second-order valence-electron chi connectivity index (χ2n) is 4.85. The highest BCUT2D eigenvalue weighted by atomic mass is 19.4. The minimum Gasteiger partial charge on any atom is -0.383 e. The third kappa shape index (κ3) is 4.99. The second kappa shape index (κ2) is 7.09. The van der Waals surface area contributed by atoms with Gasteiger partial charge in [0.15, 0.2) is 0 Å². The van der Waals surface area contributed by atoms with Crippen molar-refractivity contribution in [2.24, 2.45) is 5.92 Å². The Morgan fingerprint density at radius 2 is 2.16 bits per heavy atom. The molecule has 112 valence electrons. The summed E-state index contributed by atoms with van der Waals surface area (Å²) in [5.74, 6) is -1.60. The molecule has 0 saturated carbocycles. The Labute approximate surface area is 111 Å². The number of amides is 1. The van der Waals surface area contributed by atoms with Gasteiger partial charge in [0.25, 0.3) is 0 Å². The van der Waals surface area contributed by atoms with Crippen LogP contribution in [0.5, 0.6) is 0 Å². The van der Waals surface area contributed by atoms with Crippen molar-refractivity contribution in [3.8, 4) is 0 Å².